The summed E-state index contributed by atoms with van der Waals surface area (Å²) in [6.45, 7) is 1.22. The van der Waals surface area contributed by atoms with E-state index in [-0.39, 0.29) is 18.1 Å². The van der Waals surface area contributed by atoms with Crippen LogP contribution in [0.15, 0.2) is 24.3 Å². The minimum atomic E-state index is -1.19. The second-order valence-corrected chi connectivity index (χ2v) is 6.83. The molecule has 1 aromatic rings. The first-order chi connectivity index (χ1) is 11.3. The molecule has 24 heavy (non-hydrogen) atoms. The summed E-state index contributed by atoms with van der Waals surface area (Å²) < 4.78 is 0. The van der Waals surface area contributed by atoms with Crippen LogP contribution in [0.3, 0.4) is 0 Å². The zero-order valence-corrected chi connectivity index (χ0v) is 14.3. The molecule has 1 aliphatic heterocycles. The molecule has 2 atom stereocenters. The second-order valence-electron chi connectivity index (χ2n) is 5.16. The lowest BCUT2D eigenvalue weighted by Crippen LogP contribution is -2.42. The molecule has 0 radical (unpaired) electrons. The number of hydrogen-bond acceptors (Lipinski definition) is 5. The first-order valence-electron chi connectivity index (χ1n) is 7.03. The van der Waals surface area contributed by atoms with Crippen LogP contribution in [0.5, 0.6) is 0 Å². The Labute approximate surface area is 147 Å². The number of carbonyl (C=O) groups excluding carboxylic acids is 3. The number of benzene rings is 1. The number of amides is 3. The van der Waals surface area contributed by atoms with Gasteiger partial charge >= 0.3 is 5.97 Å². The van der Waals surface area contributed by atoms with Gasteiger partial charge in [0.2, 0.25) is 17.7 Å². The summed E-state index contributed by atoms with van der Waals surface area (Å²) in [5, 5.41) is 11.2. The number of hydrogen-bond donors (Lipinski definition) is 2. The van der Waals surface area contributed by atoms with Crippen molar-refractivity contribution in [3.63, 3.8) is 0 Å². The van der Waals surface area contributed by atoms with Crippen molar-refractivity contribution in [2.75, 3.05) is 10.7 Å². The number of aliphatic carboxylic acids is 1. The van der Waals surface area contributed by atoms with E-state index in [1.165, 1.54) is 6.92 Å². The van der Waals surface area contributed by atoms with Crippen molar-refractivity contribution < 1.29 is 24.3 Å². The Hall–Kier alpha value is -2.06. The van der Waals surface area contributed by atoms with Gasteiger partial charge in [0.1, 0.15) is 6.04 Å². The lowest BCUT2D eigenvalue weighted by molar-refractivity contribution is -0.140. The number of carboxylic acids is 1. The standard InChI is InChI=1S/C15H15ClN2O5S/c1-8(19)17-11(15(22)23)7-24-12-6-13(20)18(14(12)21)10-4-2-9(16)3-5-10/h2-5,11-12H,6-7H2,1H3,(H,17,19)(H,22,23)/t11-,12+/m1/s1. The number of carboxylic acid groups (broad SMARTS) is 1. The number of thioether (sulfide) groups is 1. The van der Waals surface area contributed by atoms with E-state index < -0.39 is 29.1 Å². The number of nitrogens with one attached hydrogen (secondary N) is 1. The Morgan fingerprint density at radius 2 is 2.00 bits per heavy atom. The third-order valence-corrected chi connectivity index (χ3v) is 4.88. The van der Waals surface area contributed by atoms with E-state index in [1.54, 1.807) is 24.3 Å². The molecule has 0 aliphatic carbocycles. The van der Waals surface area contributed by atoms with Gasteiger partial charge in [0.25, 0.3) is 0 Å². The molecule has 128 valence electrons. The van der Waals surface area contributed by atoms with Crippen LogP contribution in [0.25, 0.3) is 0 Å². The van der Waals surface area contributed by atoms with E-state index in [9.17, 15) is 19.2 Å². The van der Waals surface area contributed by atoms with Crippen LogP contribution in [0, 0.1) is 0 Å². The van der Waals surface area contributed by atoms with Gasteiger partial charge in [-0.25, -0.2) is 9.69 Å². The van der Waals surface area contributed by atoms with Crippen LogP contribution >= 0.6 is 23.4 Å². The summed E-state index contributed by atoms with van der Waals surface area (Å²) in [5.74, 6) is -2.43. The number of anilines is 1. The molecular formula is C15H15ClN2O5S. The van der Waals surface area contributed by atoms with Crippen molar-refractivity contribution >= 4 is 52.7 Å². The second kappa shape index (κ2) is 7.67. The average molecular weight is 371 g/mol. The zero-order valence-electron chi connectivity index (χ0n) is 12.7. The SMILES string of the molecule is CC(=O)N[C@H](CS[C@H]1CC(=O)N(c2ccc(Cl)cc2)C1=O)C(=O)O. The predicted octanol–water partition coefficient (Wildman–Crippen LogP) is 1.29. The van der Waals surface area contributed by atoms with Crippen LogP contribution in [0.2, 0.25) is 5.02 Å². The summed E-state index contributed by atoms with van der Waals surface area (Å²) in [6.07, 6.45) is -0.0153. The van der Waals surface area contributed by atoms with E-state index in [1.807, 2.05) is 0 Å². The molecule has 0 bridgehead atoms. The molecule has 7 nitrogen and oxygen atoms in total. The first kappa shape index (κ1) is 18.3. The van der Waals surface area contributed by atoms with Gasteiger partial charge in [0.15, 0.2) is 0 Å². The Bertz CT molecular complexity index is 679. The molecule has 1 saturated heterocycles. The van der Waals surface area contributed by atoms with E-state index in [0.29, 0.717) is 10.7 Å². The van der Waals surface area contributed by atoms with E-state index in [2.05, 4.69) is 5.32 Å². The highest BCUT2D eigenvalue weighted by Crippen LogP contribution is 2.30. The largest absolute Gasteiger partial charge is 0.480 e. The van der Waals surface area contributed by atoms with E-state index >= 15 is 0 Å². The smallest absolute Gasteiger partial charge is 0.327 e. The third kappa shape index (κ3) is 4.27. The van der Waals surface area contributed by atoms with Crippen molar-refractivity contribution in [3.05, 3.63) is 29.3 Å². The van der Waals surface area contributed by atoms with Crippen LogP contribution in [0.4, 0.5) is 5.69 Å². The van der Waals surface area contributed by atoms with Crippen molar-refractivity contribution in [2.24, 2.45) is 0 Å². The predicted molar refractivity (Wildman–Crippen MR) is 90.0 cm³/mol. The molecule has 3 amide bonds. The molecule has 9 heteroatoms. The lowest BCUT2D eigenvalue weighted by atomic mass is 10.3. The minimum absolute atomic E-state index is 0.00689. The Morgan fingerprint density at radius 3 is 2.54 bits per heavy atom. The fourth-order valence-corrected chi connectivity index (χ4v) is 3.51. The third-order valence-electron chi connectivity index (χ3n) is 3.33. The highest BCUT2D eigenvalue weighted by atomic mass is 35.5. The van der Waals surface area contributed by atoms with Crippen LogP contribution in [-0.2, 0) is 19.2 Å². The van der Waals surface area contributed by atoms with Crippen LogP contribution in [0.1, 0.15) is 13.3 Å². The van der Waals surface area contributed by atoms with Gasteiger partial charge in [-0.15, -0.1) is 11.8 Å². The average Bonchev–Trinajstić information content (AvgIpc) is 2.78. The molecule has 1 heterocycles. The summed E-state index contributed by atoms with van der Waals surface area (Å²) in [7, 11) is 0. The topological polar surface area (TPSA) is 104 Å². The maximum Gasteiger partial charge on any atom is 0.327 e. The molecule has 1 aromatic carbocycles. The highest BCUT2D eigenvalue weighted by molar-refractivity contribution is 8.00. The molecule has 1 fully saturated rings. The summed E-state index contributed by atoms with van der Waals surface area (Å²) in [4.78, 5) is 47.7. The first-order valence-corrected chi connectivity index (χ1v) is 8.46. The molecule has 1 aliphatic rings. The van der Waals surface area contributed by atoms with Gasteiger partial charge in [-0.1, -0.05) is 11.6 Å². The maximum absolute atomic E-state index is 12.4. The van der Waals surface area contributed by atoms with Crippen molar-refractivity contribution in [1.29, 1.82) is 0 Å². The van der Waals surface area contributed by atoms with Gasteiger partial charge < -0.3 is 10.4 Å². The summed E-state index contributed by atoms with van der Waals surface area (Å²) in [6, 6.07) is 5.19. The zero-order chi connectivity index (χ0) is 17.9. The molecular weight excluding hydrogens is 356 g/mol. The quantitative estimate of drug-likeness (QED) is 0.731. The van der Waals surface area contributed by atoms with E-state index in [4.69, 9.17) is 16.7 Å². The van der Waals surface area contributed by atoms with Crippen molar-refractivity contribution in [1.82, 2.24) is 5.32 Å². The molecule has 0 unspecified atom stereocenters. The molecule has 2 N–H and O–H groups in total. The highest BCUT2D eigenvalue weighted by Gasteiger charge is 2.40. The van der Waals surface area contributed by atoms with E-state index in [0.717, 1.165) is 16.7 Å². The number of carbonyl (C=O) groups is 4. The maximum atomic E-state index is 12.4. The van der Waals surface area contributed by atoms with Crippen molar-refractivity contribution in [3.8, 4) is 0 Å². The molecule has 0 spiro atoms. The normalized spacial score (nSPS) is 18.6. The lowest BCUT2D eigenvalue weighted by Gasteiger charge is -2.16. The number of rotatable bonds is 6. The van der Waals surface area contributed by atoms with Gasteiger partial charge in [-0.2, -0.15) is 0 Å². The van der Waals surface area contributed by atoms with Crippen molar-refractivity contribution in [2.45, 2.75) is 24.6 Å². The molecule has 0 saturated carbocycles. The number of nitrogens with zero attached hydrogens (tertiary/aromatic N) is 1. The monoisotopic (exact) mass is 370 g/mol. The minimum Gasteiger partial charge on any atom is -0.480 e. The Morgan fingerprint density at radius 1 is 1.38 bits per heavy atom. The number of imide groups is 1. The van der Waals surface area contributed by atoms with Gasteiger partial charge in [-0.05, 0) is 24.3 Å². The summed E-state index contributed by atoms with van der Waals surface area (Å²) >= 11 is 6.84. The Balaban J connectivity index is 2.04. The summed E-state index contributed by atoms with van der Waals surface area (Å²) in [5.41, 5.74) is 0.425. The fourth-order valence-electron chi connectivity index (χ4n) is 2.23. The van der Waals surface area contributed by atoms with Gasteiger partial charge in [0.05, 0.1) is 10.9 Å². The Kier molecular flexibility index (Phi) is 5.84. The van der Waals surface area contributed by atoms with Crippen LogP contribution < -0.4 is 10.2 Å². The number of halogens is 1. The van der Waals surface area contributed by atoms with Gasteiger partial charge in [-0.3, -0.25) is 14.4 Å². The van der Waals surface area contributed by atoms with Gasteiger partial charge in [0, 0.05) is 24.1 Å². The molecule has 0 aromatic heterocycles. The molecule has 2 rings (SSSR count). The fraction of sp³-hybridized carbons (Fsp3) is 0.333. The van der Waals surface area contributed by atoms with Crippen LogP contribution in [-0.4, -0.2) is 45.8 Å².